The number of rotatable bonds is 6. The van der Waals surface area contributed by atoms with Crippen molar-refractivity contribution < 1.29 is 9.90 Å². The molecule has 1 saturated heterocycles. The lowest BCUT2D eigenvalue weighted by Gasteiger charge is -2.40. The van der Waals surface area contributed by atoms with Crippen LogP contribution < -0.4 is 10.6 Å². The van der Waals surface area contributed by atoms with Gasteiger partial charge >= 0.3 is 0 Å². The third kappa shape index (κ3) is 4.44. The minimum Gasteiger partial charge on any atom is -0.396 e. The van der Waals surface area contributed by atoms with E-state index in [9.17, 15) is 4.79 Å². The predicted molar refractivity (Wildman–Crippen MR) is 77.0 cm³/mol. The fourth-order valence-corrected chi connectivity index (χ4v) is 2.42. The molecule has 0 saturated carbocycles. The van der Waals surface area contributed by atoms with Gasteiger partial charge in [-0.1, -0.05) is 13.8 Å². The quantitative estimate of drug-likeness (QED) is 0.645. The van der Waals surface area contributed by atoms with Crippen LogP contribution in [0.3, 0.4) is 0 Å². The van der Waals surface area contributed by atoms with E-state index in [-0.39, 0.29) is 18.6 Å². The highest BCUT2D eigenvalue weighted by atomic mass is 16.3. The predicted octanol–water partition coefficient (Wildman–Crippen LogP) is 0.193. The minimum atomic E-state index is -0.495. The lowest BCUT2D eigenvalue weighted by Crippen LogP contribution is -2.61. The molecule has 1 rings (SSSR count). The highest BCUT2D eigenvalue weighted by Gasteiger charge is 2.36. The molecule has 1 heterocycles. The van der Waals surface area contributed by atoms with Crippen LogP contribution in [0.5, 0.6) is 0 Å². The number of nitrogens with zero attached hydrogens (tertiary/aromatic N) is 1. The summed E-state index contributed by atoms with van der Waals surface area (Å²) in [5, 5.41) is 15.5. The summed E-state index contributed by atoms with van der Waals surface area (Å²) in [6.45, 7) is 11.9. The smallest absolute Gasteiger partial charge is 0.240 e. The molecule has 0 spiro atoms. The van der Waals surface area contributed by atoms with Gasteiger partial charge in [0.2, 0.25) is 5.91 Å². The second-order valence-electron chi connectivity index (χ2n) is 6.13. The van der Waals surface area contributed by atoms with Crippen molar-refractivity contribution >= 4 is 5.91 Å². The Hall–Kier alpha value is -0.650. The number of hydrogen-bond acceptors (Lipinski definition) is 4. The molecule has 0 aliphatic carbocycles. The van der Waals surface area contributed by atoms with Gasteiger partial charge in [-0.25, -0.2) is 0 Å². The van der Waals surface area contributed by atoms with E-state index in [1.165, 1.54) is 0 Å². The van der Waals surface area contributed by atoms with E-state index < -0.39 is 5.54 Å². The van der Waals surface area contributed by atoms with Gasteiger partial charge in [-0.3, -0.25) is 9.69 Å². The Morgan fingerprint density at radius 2 is 1.95 bits per heavy atom. The summed E-state index contributed by atoms with van der Waals surface area (Å²) in [7, 11) is 0. The van der Waals surface area contributed by atoms with E-state index in [1.807, 2.05) is 13.8 Å². The SMILES string of the molecule is CC(C)C(CCO)NC(=O)C(C)(C)N1CCNCC1. The molecule has 1 fully saturated rings. The average Bonchev–Trinajstić information content (AvgIpc) is 2.38. The van der Waals surface area contributed by atoms with E-state index in [0.29, 0.717) is 12.3 Å². The maximum absolute atomic E-state index is 12.5. The highest BCUT2D eigenvalue weighted by Crippen LogP contribution is 2.17. The van der Waals surface area contributed by atoms with Gasteiger partial charge in [0.05, 0.1) is 5.54 Å². The summed E-state index contributed by atoms with van der Waals surface area (Å²) < 4.78 is 0. The molecule has 1 amide bonds. The fraction of sp³-hybridized carbons (Fsp3) is 0.929. The van der Waals surface area contributed by atoms with Crippen molar-refractivity contribution in [3.63, 3.8) is 0 Å². The standard InChI is InChI=1S/C14H29N3O2/c1-11(2)12(5-10-18)16-13(19)14(3,4)17-8-6-15-7-9-17/h11-12,15,18H,5-10H2,1-4H3,(H,16,19). The van der Waals surface area contributed by atoms with E-state index in [0.717, 1.165) is 26.2 Å². The first-order chi connectivity index (χ1) is 8.89. The topological polar surface area (TPSA) is 64.6 Å². The molecule has 112 valence electrons. The summed E-state index contributed by atoms with van der Waals surface area (Å²) in [6, 6.07) is 0.0414. The van der Waals surface area contributed by atoms with Gasteiger partial charge in [0.1, 0.15) is 0 Å². The second kappa shape index (κ2) is 7.22. The Balaban J connectivity index is 2.63. The second-order valence-corrected chi connectivity index (χ2v) is 6.13. The fourth-order valence-electron chi connectivity index (χ4n) is 2.42. The number of aliphatic hydroxyl groups is 1. The van der Waals surface area contributed by atoms with Crippen molar-refractivity contribution in [3.05, 3.63) is 0 Å². The van der Waals surface area contributed by atoms with Crippen molar-refractivity contribution in [2.45, 2.75) is 45.7 Å². The van der Waals surface area contributed by atoms with Crippen LogP contribution in [-0.4, -0.2) is 60.3 Å². The number of amides is 1. The summed E-state index contributed by atoms with van der Waals surface area (Å²) in [6.07, 6.45) is 0.612. The number of aliphatic hydroxyl groups excluding tert-OH is 1. The lowest BCUT2D eigenvalue weighted by atomic mass is 9.96. The summed E-state index contributed by atoms with van der Waals surface area (Å²) in [5.74, 6) is 0.386. The van der Waals surface area contributed by atoms with E-state index in [2.05, 4.69) is 29.4 Å². The Labute approximate surface area is 116 Å². The molecule has 0 aromatic rings. The summed E-state index contributed by atoms with van der Waals surface area (Å²) >= 11 is 0. The Kier molecular flexibility index (Phi) is 6.23. The van der Waals surface area contributed by atoms with Crippen molar-refractivity contribution in [2.24, 2.45) is 5.92 Å². The zero-order valence-corrected chi connectivity index (χ0v) is 12.7. The lowest BCUT2D eigenvalue weighted by molar-refractivity contribution is -0.133. The summed E-state index contributed by atoms with van der Waals surface area (Å²) in [5.41, 5.74) is -0.495. The van der Waals surface area contributed by atoms with Crippen molar-refractivity contribution in [3.8, 4) is 0 Å². The average molecular weight is 271 g/mol. The van der Waals surface area contributed by atoms with Crippen LogP contribution in [0, 0.1) is 5.92 Å². The number of hydrogen-bond donors (Lipinski definition) is 3. The van der Waals surface area contributed by atoms with Crippen molar-refractivity contribution in [1.82, 2.24) is 15.5 Å². The normalized spacial score (nSPS) is 19.5. The molecule has 1 aliphatic rings. The monoisotopic (exact) mass is 271 g/mol. The van der Waals surface area contributed by atoms with Gasteiger partial charge in [-0.05, 0) is 26.2 Å². The largest absolute Gasteiger partial charge is 0.396 e. The van der Waals surface area contributed by atoms with Crippen LogP contribution in [0.4, 0.5) is 0 Å². The maximum atomic E-state index is 12.5. The first-order valence-corrected chi connectivity index (χ1v) is 7.27. The zero-order valence-electron chi connectivity index (χ0n) is 12.7. The first kappa shape index (κ1) is 16.4. The van der Waals surface area contributed by atoms with Crippen LogP contribution in [-0.2, 0) is 4.79 Å². The zero-order chi connectivity index (χ0) is 14.5. The van der Waals surface area contributed by atoms with E-state index >= 15 is 0 Å². The van der Waals surface area contributed by atoms with Crippen LogP contribution in [0.15, 0.2) is 0 Å². The third-order valence-electron chi connectivity index (χ3n) is 4.02. The molecule has 3 N–H and O–H groups in total. The van der Waals surface area contributed by atoms with E-state index in [1.54, 1.807) is 0 Å². The molecule has 1 atom stereocenters. The molecular weight excluding hydrogens is 242 g/mol. The molecule has 1 unspecified atom stereocenters. The maximum Gasteiger partial charge on any atom is 0.240 e. The van der Waals surface area contributed by atoms with Gasteiger partial charge in [0.15, 0.2) is 0 Å². The van der Waals surface area contributed by atoms with Gasteiger partial charge < -0.3 is 15.7 Å². The molecule has 19 heavy (non-hydrogen) atoms. The highest BCUT2D eigenvalue weighted by molar-refractivity contribution is 5.85. The Bertz CT molecular complexity index is 286. The third-order valence-corrected chi connectivity index (χ3v) is 4.02. The first-order valence-electron chi connectivity index (χ1n) is 7.27. The van der Waals surface area contributed by atoms with Gasteiger partial charge in [0, 0.05) is 38.8 Å². The molecule has 1 aliphatic heterocycles. The molecule has 5 heteroatoms. The Morgan fingerprint density at radius 3 is 2.42 bits per heavy atom. The molecule has 5 nitrogen and oxygen atoms in total. The number of carbonyl (C=O) groups is 1. The van der Waals surface area contributed by atoms with Crippen LogP contribution in [0.25, 0.3) is 0 Å². The van der Waals surface area contributed by atoms with Gasteiger partial charge in [0.25, 0.3) is 0 Å². The van der Waals surface area contributed by atoms with Crippen LogP contribution >= 0.6 is 0 Å². The molecule has 0 bridgehead atoms. The Morgan fingerprint density at radius 1 is 1.37 bits per heavy atom. The molecule has 0 aromatic carbocycles. The number of carbonyl (C=O) groups excluding carboxylic acids is 1. The molecule has 0 aromatic heterocycles. The number of piperazine rings is 1. The van der Waals surface area contributed by atoms with Gasteiger partial charge in [-0.2, -0.15) is 0 Å². The minimum absolute atomic E-state index is 0.0414. The van der Waals surface area contributed by atoms with Crippen LogP contribution in [0.2, 0.25) is 0 Å². The van der Waals surface area contributed by atoms with E-state index in [4.69, 9.17) is 5.11 Å². The number of nitrogens with one attached hydrogen (secondary N) is 2. The molecule has 0 radical (unpaired) electrons. The van der Waals surface area contributed by atoms with Crippen molar-refractivity contribution in [1.29, 1.82) is 0 Å². The summed E-state index contributed by atoms with van der Waals surface area (Å²) in [4.78, 5) is 14.7. The van der Waals surface area contributed by atoms with Crippen LogP contribution in [0.1, 0.15) is 34.1 Å². The molecular formula is C14H29N3O2. The van der Waals surface area contributed by atoms with Crippen molar-refractivity contribution in [2.75, 3.05) is 32.8 Å². The van der Waals surface area contributed by atoms with Gasteiger partial charge in [-0.15, -0.1) is 0 Å².